The Morgan fingerprint density at radius 2 is 1.86 bits per heavy atom. The topological polar surface area (TPSA) is 105 Å². The third-order valence-corrected chi connectivity index (χ3v) is 5.29. The van der Waals surface area contributed by atoms with E-state index in [1.807, 2.05) is 0 Å². The maximum Gasteiger partial charge on any atom is 0.291 e. The first kappa shape index (κ1) is 18.9. The SMILES string of the molecule is O=C1NC(=O)C(Cc2ccc(NC(=O)c3cc(=O)c4cc(F)ccc4o3)cc2)S1. The Kier molecular flexibility index (Phi) is 4.89. The van der Waals surface area contributed by atoms with E-state index < -0.39 is 22.4 Å². The van der Waals surface area contributed by atoms with Gasteiger partial charge in [-0.3, -0.25) is 24.5 Å². The third-order valence-electron chi connectivity index (χ3n) is 4.31. The fourth-order valence-electron chi connectivity index (χ4n) is 2.90. The number of imide groups is 1. The molecule has 3 amide bonds. The second-order valence-corrected chi connectivity index (χ2v) is 7.53. The van der Waals surface area contributed by atoms with E-state index in [0.29, 0.717) is 12.1 Å². The third kappa shape index (κ3) is 4.04. The van der Waals surface area contributed by atoms with Gasteiger partial charge in [0.2, 0.25) is 5.91 Å². The monoisotopic (exact) mass is 412 g/mol. The average molecular weight is 412 g/mol. The van der Waals surface area contributed by atoms with Crippen LogP contribution in [0.2, 0.25) is 0 Å². The molecule has 1 saturated heterocycles. The van der Waals surface area contributed by atoms with Crippen molar-refractivity contribution in [2.45, 2.75) is 11.7 Å². The van der Waals surface area contributed by atoms with Crippen molar-refractivity contribution in [2.75, 3.05) is 5.32 Å². The minimum atomic E-state index is -0.627. The summed E-state index contributed by atoms with van der Waals surface area (Å²) in [5, 5.41) is 4.07. The molecule has 1 aromatic heterocycles. The molecule has 1 atom stereocenters. The lowest BCUT2D eigenvalue weighted by atomic mass is 10.1. The molecule has 2 heterocycles. The summed E-state index contributed by atoms with van der Waals surface area (Å²) in [6.45, 7) is 0. The van der Waals surface area contributed by atoms with Crippen molar-refractivity contribution in [3.63, 3.8) is 0 Å². The Morgan fingerprint density at radius 3 is 2.55 bits per heavy atom. The van der Waals surface area contributed by atoms with Crippen LogP contribution in [0.1, 0.15) is 16.1 Å². The van der Waals surface area contributed by atoms with Gasteiger partial charge in [-0.15, -0.1) is 0 Å². The predicted molar refractivity (Wildman–Crippen MR) is 105 cm³/mol. The van der Waals surface area contributed by atoms with Crippen LogP contribution in [-0.2, 0) is 11.2 Å². The van der Waals surface area contributed by atoms with Gasteiger partial charge in [0.25, 0.3) is 11.1 Å². The van der Waals surface area contributed by atoms with Crippen LogP contribution < -0.4 is 16.1 Å². The van der Waals surface area contributed by atoms with Gasteiger partial charge in [0.05, 0.1) is 10.6 Å². The Labute approximate surface area is 167 Å². The lowest BCUT2D eigenvalue weighted by Crippen LogP contribution is -2.25. The lowest BCUT2D eigenvalue weighted by molar-refractivity contribution is -0.118. The van der Waals surface area contributed by atoms with Gasteiger partial charge < -0.3 is 9.73 Å². The van der Waals surface area contributed by atoms with Crippen LogP contribution in [0.3, 0.4) is 0 Å². The van der Waals surface area contributed by atoms with Crippen molar-refractivity contribution in [3.05, 3.63) is 75.9 Å². The molecular weight excluding hydrogens is 399 g/mol. The summed E-state index contributed by atoms with van der Waals surface area (Å²) in [4.78, 5) is 47.4. The molecule has 0 spiro atoms. The van der Waals surface area contributed by atoms with Crippen molar-refractivity contribution in [1.29, 1.82) is 0 Å². The molecule has 0 bridgehead atoms. The molecule has 29 heavy (non-hydrogen) atoms. The van der Waals surface area contributed by atoms with E-state index in [9.17, 15) is 23.6 Å². The number of carbonyl (C=O) groups excluding carboxylic acids is 3. The molecule has 7 nitrogen and oxygen atoms in total. The van der Waals surface area contributed by atoms with Gasteiger partial charge in [-0.2, -0.15) is 0 Å². The molecule has 0 saturated carbocycles. The average Bonchev–Trinajstić information content (AvgIpc) is 3.00. The number of amides is 3. The van der Waals surface area contributed by atoms with Gasteiger partial charge in [0.15, 0.2) is 11.2 Å². The van der Waals surface area contributed by atoms with Crippen LogP contribution in [0.5, 0.6) is 0 Å². The van der Waals surface area contributed by atoms with Gasteiger partial charge >= 0.3 is 0 Å². The molecule has 4 rings (SSSR count). The first-order chi connectivity index (χ1) is 13.9. The molecule has 146 valence electrons. The fraction of sp³-hybridized carbons (Fsp3) is 0.100. The Balaban J connectivity index is 1.48. The number of halogens is 1. The molecule has 0 radical (unpaired) electrons. The van der Waals surface area contributed by atoms with E-state index in [1.165, 1.54) is 6.07 Å². The number of rotatable bonds is 4. The van der Waals surface area contributed by atoms with Crippen LogP contribution in [0, 0.1) is 5.82 Å². The Hall–Kier alpha value is -3.46. The molecule has 0 aliphatic carbocycles. The first-order valence-corrected chi connectivity index (χ1v) is 9.42. The van der Waals surface area contributed by atoms with Crippen LogP contribution >= 0.6 is 11.8 Å². The number of hydrogen-bond donors (Lipinski definition) is 2. The molecule has 3 aromatic rings. The number of hydrogen-bond acceptors (Lipinski definition) is 6. The van der Waals surface area contributed by atoms with Gasteiger partial charge in [0, 0.05) is 11.8 Å². The van der Waals surface area contributed by atoms with Crippen LogP contribution in [0.15, 0.2) is 57.7 Å². The highest BCUT2D eigenvalue weighted by Crippen LogP contribution is 2.23. The maximum absolute atomic E-state index is 13.3. The van der Waals surface area contributed by atoms with Crippen molar-refractivity contribution >= 4 is 45.5 Å². The van der Waals surface area contributed by atoms with Crippen LogP contribution in [0.4, 0.5) is 14.9 Å². The Bertz CT molecular complexity index is 1210. The highest BCUT2D eigenvalue weighted by Gasteiger charge is 2.31. The van der Waals surface area contributed by atoms with E-state index in [-0.39, 0.29) is 27.9 Å². The molecule has 1 aliphatic rings. The molecule has 2 aromatic carbocycles. The largest absolute Gasteiger partial charge is 0.451 e. The van der Waals surface area contributed by atoms with E-state index in [0.717, 1.165) is 35.5 Å². The van der Waals surface area contributed by atoms with Crippen molar-refractivity contribution < 1.29 is 23.2 Å². The van der Waals surface area contributed by atoms with Crippen molar-refractivity contribution in [2.24, 2.45) is 0 Å². The fourth-order valence-corrected chi connectivity index (χ4v) is 3.76. The number of nitrogens with one attached hydrogen (secondary N) is 2. The zero-order chi connectivity index (χ0) is 20.5. The molecule has 2 N–H and O–H groups in total. The summed E-state index contributed by atoms with van der Waals surface area (Å²) >= 11 is 0.949. The lowest BCUT2D eigenvalue weighted by Gasteiger charge is -2.08. The zero-order valence-electron chi connectivity index (χ0n) is 14.7. The molecule has 1 fully saturated rings. The quantitative estimate of drug-likeness (QED) is 0.682. The first-order valence-electron chi connectivity index (χ1n) is 8.54. The van der Waals surface area contributed by atoms with Crippen molar-refractivity contribution in [3.8, 4) is 0 Å². The minimum Gasteiger partial charge on any atom is -0.451 e. The van der Waals surface area contributed by atoms with Gasteiger partial charge in [-0.1, -0.05) is 23.9 Å². The smallest absolute Gasteiger partial charge is 0.291 e. The summed E-state index contributed by atoms with van der Waals surface area (Å²) in [6, 6.07) is 11.2. The number of fused-ring (bicyclic) bond motifs is 1. The van der Waals surface area contributed by atoms with Crippen molar-refractivity contribution in [1.82, 2.24) is 5.32 Å². The highest BCUT2D eigenvalue weighted by molar-refractivity contribution is 8.15. The summed E-state index contributed by atoms with van der Waals surface area (Å²) < 4.78 is 18.7. The maximum atomic E-state index is 13.3. The van der Waals surface area contributed by atoms with E-state index in [2.05, 4.69) is 10.6 Å². The van der Waals surface area contributed by atoms with E-state index in [4.69, 9.17) is 4.42 Å². The Morgan fingerprint density at radius 1 is 1.10 bits per heavy atom. The van der Waals surface area contributed by atoms with Gasteiger partial charge in [0.1, 0.15) is 11.4 Å². The van der Waals surface area contributed by atoms with Gasteiger partial charge in [-0.05, 0) is 42.3 Å². The summed E-state index contributed by atoms with van der Waals surface area (Å²) in [5.41, 5.74) is 0.874. The minimum absolute atomic E-state index is 0.0539. The molecule has 9 heteroatoms. The predicted octanol–water partition coefficient (Wildman–Crippen LogP) is 3.08. The summed E-state index contributed by atoms with van der Waals surface area (Å²) in [6.07, 6.45) is 0.382. The van der Waals surface area contributed by atoms with E-state index >= 15 is 0 Å². The second kappa shape index (κ2) is 7.51. The number of benzene rings is 2. The molecule has 1 unspecified atom stereocenters. The zero-order valence-corrected chi connectivity index (χ0v) is 15.5. The molecular formula is C20H13FN2O5S. The van der Waals surface area contributed by atoms with Gasteiger partial charge in [-0.25, -0.2) is 4.39 Å². The number of anilines is 1. The van der Waals surface area contributed by atoms with Crippen LogP contribution in [0.25, 0.3) is 11.0 Å². The number of carbonyl (C=O) groups is 3. The summed E-state index contributed by atoms with van der Waals surface area (Å²) in [7, 11) is 0. The van der Waals surface area contributed by atoms with Crippen LogP contribution in [-0.4, -0.2) is 22.3 Å². The normalized spacial score (nSPS) is 16.1. The standard InChI is InChI=1S/C20H13FN2O5S/c21-11-3-6-15-13(8-11)14(24)9-16(28-15)18(25)22-12-4-1-10(2-5-12)7-17-19(26)23-20(27)29-17/h1-6,8-9,17H,7H2,(H,22,25)(H,23,26,27). The number of thioether (sulfide) groups is 1. The second-order valence-electron chi connectivity index (χ2n) is 6.35. The summed E-state index contributed by atoms with van der Waals surface area (Å²) in [5.74, 6) is -1.71. The highest BCUT2D eigenvalue weighted by atomic mass is 32.2. The molecule has 1 aliphatic heterocycles. The van der Waals surface area contributed by atoms with E-state index in [1.54, 1.807) is 24.3 Å².